The first-order valence-corrected chi connectivity index (χ1v) is 9.46. The quantitative estimate of drug-likeness (QED) is 0.512. The first-order chi connectivity index (χ1) is 13.4. The molecule has 1 atom stereocenters. The normalized spacial score (nSPS) is 13.0. The summed E-state index contributed by atoms with van der Waals surface area (Å²) >= 11 is 1.37. The molecule has 0 amide bonds. The van der Waals surface area contributed by atoms with Gasteiger partial charge in [-0.3, -0.25) is 0 Å². The molecule has 0 aliphatic heterocycles. The van der Waals surface area contributed by atoms with Crippen LogP contribution in [-0.2, 0) is 5.60 Å². The molecule has 0 fully saturated rings. The minimum atomic E-state index is -1.31. The van der Waals surface area contributed by atoms with E-state index in [1.54, 1.807) is 25.5 Å². The smallest absolute Gasteiger partial charge is 0.174 e. The summed E-state index contributed by atoms with van der Waals surface area (Å²) in [5.74, 6) is 6.86. The van der Waals surface area contributed by atoms with Crippen molar-refractivity contribution in [3.8, 4) is 23.2 Å². The molecule has 7 heteroatoms. The summed E-state index contributed by atoms with van der Waals surface area (Å²) in [6.45, 7) is 3.62. The molecule has 138 valence electrons. The van der Waals surface area contributed by atoms with E-state index < -0.39 is 5.60 Å². The number of thiazole rings is 1. The minimum Gasteiger partial charge on any atom is -0.382 e. The Balaban J connectivity index is 1.75. The number of hydrogen-bond acceptors (Lipinski definition) is 7. The molecule has 4 rings (SSSR count). The zero-order valence-corrected chi connectivity index (χ0v) is 16.2. The molecule has 0 bridgehead atoms. The summed E-state index contributed by atoms with van der Waals surface area (Å²) in [5.41, 5.74) is 7.89. The summed E-state index contributed by atoms with van der Waals surface area (Å²) in [4.78, 5) is 17.3. The highest BCUT2D eigenvalue weighted by molar-refractivity contribution is 7.09. The van der Waals surface area contributed by atoms with Crippen molar-refractivity contribution >= 4 is 28.1 Å². The van der Waals surface area contributed by atoms with E-state index in [1.165, 1.54) is 11.3 Å². The van der Waals surface area contributed by atoms with E-state index in [4.69, 9.17) is 5.73 Å². The third kappa shape index (κ3) is 3.43. The van der Waals surface area contributed by atoms with Crippen molar-refractivity contribution in [1.29, 1.82) is 0 Å². The maximum absolute atomic E-state index is 10.6. The number of benzene rings is 1. The Morgan fingerprint density at radius 1 is 1.14 bits per heavy atom. The van der Waals surface area contributed by atoms with E-state index in [1.807, 2.05) is 36.6 Å². The van der Waals surface area contributed by atoms with Crippen LogP contribution in [0.5, 0.6) is 0 Å². The maximum Gasteiger partial charge on any atom is 0.174 e. The fourth-order valence-corrected chi connectivity index (χ4v) is 3.41. The molecular formula is C21H17N5OS. The standard InChI is InChI=1S/C21H17N5OS/c1-13-3-4-14(5-7-21(2,27)20-24-9-10-28-20)11-16(13)19-25-12-15-6-8-23-18(22)17(15)26-19/h3-4,6,8-12,27H,1-2H3,(H2,22,23)/t21-/m1/s1. The summed E-state index contributed by atoms with van der Waals surface area (Å²) in [7, 11) is 0. The topological polar surface area (TPSA) is 97.8 Å². The predicted octanol–water partition coefficient (Wildman–Crippen LogP) is 3.30. The van der Waals surface area contributed by atoms with Crippen LogP contribution in [-0.4, -0.2) is 25.0 Å². The molecule has 0 saturated carbocycles. The van der Waals surface area contributed by atoms with E-state index in [0.29, 0.717) is 22.2 Å². The van der Waals surface area contributed by atoms with Crippen molar-refractivity contribution in [2.24, 2.45) is 0 Å². The second-order valence-corrected chi connectivity index (χ2v) is 7.41. The van der Waals surface area contributed by atoms with E-state index in [0.717, 1.165) is 22.1 Å². The summed E-state index contributed by atoms with van der Waals surface area (Å²) in [6, 6.07) is 7.59. The van der Waals surface area contributed by atoms with Crippen LogP contribution < -0.4 is 5.73 Å². The summed E-state index contributed by atoms with van der Waals surface area (Å²) in [6.07, 6.45) is 5.02. The van der Waals surface area contributed by atoms with Gasteiger partial charge in [-0.2, -0.15) is 0 Å². The van der Waals surface area contributed by atoms with Gasteiger partial charge in [0, 0.05) is 40.5 Å². The van der Waals surface area contributed by atoms with Crippen LogP contribution in [0.4, 0.5) is 5.82 Å². The number of aliphatic hydroxyl groups is 1. The summed E-state index contributed by atoms with van der Waals surface area (Å²) < 4.78 is 0. The van der Waals surface area contributed by atoms with Gasteiger partial charge in [0.15, 0.2) is 11.4 Å². The Morgan fingerprint density at radius 3 is 2.79 bits per heavy atom. The maximum atomic E-state index is 10.6. The molecule has 0 spiro atoms. The van der Waals surface area contributed by atoms with Crippen LogP contribution in [0.3, 0.4) is 0 Å². The number of aromatic nitrogens is 4. The molecule has 4 aromatic rings. The fourth-order valence-electron chi connectivity index (χ4n) is 2.76. The van der Waals surface area contributed by atoms with Gasteiger partial charge in [-0.05, 0) is 37.6 Å². The monoisotopic (exact) mass is 387 g/mol. The van der Waals surface area contributed by atoms with Gasteiger partial charge < -0.3 is 10.8 Å². The van der Waals surface area contributed by atoms with Crippen LogP contribution in [0.15, 0.2) is 48.2 Å². The zero-order chi connectivity index (χ0) is 19.7. The molecule has 0 saturated heterocycles. The van der Waals surface area contributed by atoms with Crippen LogP contribution in [0.25, 0.3) is 22.3 Å². The van der Waals surface area contributed by atoms with Crippen molar-refractivity contribution in [3.05, 3.63) is 64.4 Å². The first kappa shape index (κ1) is 18.0. The van der Waals surface area contributed by atoms with Gasteiger partial charge >= 0.3 is 0 Å². The Bertz CT molecular complexity index is 1220. The average molecular weight is 387 g/mol. The highest BCUT2D eigenvalue weighted by Gasteiger charge is 2.22. The van der Waals surface area contributed by atoms with Gasteiger partial charge in [-0.25, -0.2) is 19.9 Å². The Hall–Kier alpha value is -3.34. The average Bonchev–Trinajstić information content (AvgIpc) is 3.23. The molecule has 1 aromatic carbocycles. The zero-order valence-electron chi connectivity index (χ0n) is 15.3. The molecular weight excluding hydrogens is 370 g/mol. The number of anilines is 1. The van der Waals surface area contributed by atoms with Crippen LogP contribution in [0.2, 0.25) is 0 Å². The number of aryl methyl sites for hydroxylation is 1. The van der Waals surface area contributed by atoms with Gasteiger partial charge in [0.25, 0.3) is 0 Å². The number of rotatable bonds is 2. The number of nitrogen functional groups attached to an aromatic ring is 1. The minimum absolute atomic E-state index is 0.370. The van der Waals surface area contributed by atoms with Gasteiger partial charge in [0.1, 0.15) is 16.3 Å². The van der Waals surface area contributed by atoms with E-state index in [2.05, 4.69) is 31.8 Å². The second-order valence-electron chi connectivity index (χ2n) is 6.52. The van der Waals surface area contributed by atoms with Crippen LogP contribution in [0, 0.1) is 18.8 Å². The Morgan fingerprint density at radius 2 is 2.00 bits per heavy atom. The lowest BCUT2D eigenvalue weighted by atomic mass is 10.0. The van der Waals surface area contributed by atoms with Crippen molar-refractivity contribution in [2.45, 2.75) is 19.4 Å². The number of fused-ring (bicyclic) bond motifs is 1. The van der Waals surface area contributed by atoms with Crippen molar-refractivity contribution in [2.75, 3.05) is 5.73 Å². The summed E-state index contributed by atoms with van der Waals surface area (Å²) in [5, 5.41) is 13.8. The van der Waals surface area contributed by atoms with Gasteiger partial charge in [0.05, 0.1) is 0 Å². The van der Waals surface area contributed by atoms with Crippen molar-refractivity contribution < 1.29 is 5.11 Å². The fraction of sp³-hybridized carbons (Fsp3) is 0.143. The Kier molecular flexibility index (Phi) is 4.51. The lowest BCUT2D eigenvalue weighted by Gasteiger charge is -2.12. The number of nitrogens with two attached hydrogens (primary N) is 1. The third-order valence-corrected chi connectivity index (χ3v) is 5.29. The third-order valence-electron chi connectivity index (χ3n) is 4.30. The number of nitrogens with zero attached hydrogens (tertiary/aromatic N) is 4. The lowest BCUT2D eigenvalue weighted by molar-refractivity contribution is 0.122. The van der Waals surface area contributed by atoms with Gasteiger partial charge in [-0.1, -0.05) is 17.9 Å². The molecule has 0 radical (unpaired) electrons. The lowest BCUT2D eigenvalue weighted by Crippen LogP contribution is -2.17. The van der Waals surface area contributed by atoms with E-state index in [9.17, 15) is 5.11 Å². The van der Waals surface area contributed by atoms with E-state index >= 15 is 0 Å². The number of hydrogen-bond donors (Lipinski definition) is 2. The SMILES string of the molecule is Cc1ccc(C#C[C@@](C)(O)c2nccs2)cc1-c1ncc2ccnc(N)c2n1. The van der Waals surface area contributed by atoms with Crippen molar-refractivity contribution in [3.63, 3.8) is 0 Å². The molecule has 6 nitrogen and oxygen atoms in total. The van der Waals surface area contributed by atoms with Crippen molar-refractivity contribution in [1.82, 2.24) is 19.9 Å². The molecule has 3 aromatic heterocycles. The molecule has 3 N–H and O–H groups in total. The highest BCUT2D eigenvalue weighted by Crippen LogP contribution is 2.25. The molecule has 28 heavy (non-hydrogen) atoms. The van der Waals surface area contributed by atoms with Crippen LogP contribution >= 0.6 is 11.3 Å². The largest absolute Gasteiger partial charge is 0.382 e. The molecule has 0 unspecified atom stereocenters. The number of pyridine rings is 1. The molecule has 0 aliphatic rings. The predicted molar refractivity (Wildman–Crippen MR) is 110 cm³/mol. The molecule has 0 aliphatic carbocycles. The first-order valence-electron chi connectivity index (χ1n) is 8.58. The van der Waals surface area contributed by atoms with Crippen LogP contribution in [0.1, 0.15) is 23.1 Å². The second kappa shape index (κ2) is 7.00. The van der Waals surface area contributed by atoms with E-state index in [-0.39, 0.29) is 0 Å². The highest BCUT2D eigenvalue weighted by atomic mass is 32.1. The van der Waals surface area contributed by atoms with Gasteiger partial charge in [0.2, 0.25) is 0 Å². The molecule has 3 heterocycles. The Labute approximate surface area is 166 Å². The van der Waals surface area contributed by atoms with Gasteiger partial charge in [-0.15, -0.1) is 11.3 Å².